The average Bonchev–Trinajstić information content (AvgIpc) is 2.99. The maximum atomic E-state index is 13.1. The summed E-state index contributed by atoms with van der Waals surface area (Å²) < 4.78 is 34.7. The smallest absolute Gasteiger partial charge is 0.267 e. The van der Waals surface area contributed by atoms with Crippen LogP contribution in [-0.2, 0) is 21.2 Å². The van der Waals surface area contributed by atoms with Crippen molar-refractivity contribution in [2.24, 2.45) is 5.73 Å². The van der Waals surface area contributed by atoms with Gasteiger partial charge in [-0.05, 0) is 86.0 Å². The van der Waals surface area contributed by atoms with Crippen molar-refractivity contribution in [3.8, 4) is 16.9 Å². The van der Waals surface area contributed by atoms with E-state index in [1.54, 1.807) is 12.1 Å². The zero-order chi connectivity index (χ0) is 29.1. The van der Waals surface area contributed by atoms with Gasteiger partial charge < -0.3 is 20.9 Å². The zero-order valence-electron chi connectivity index (χ0n) is 23.4. The maximum Gasteiger partial charge on any atom is 0.267 e. The fraction of sp³-hybridized carbons (Fsp3) is 0.406. The highest BCUT2D eigenvalue weighted by molar-refractivity contribution is 7.90. The fourth-order valence-electron chi connectivity index (χ4n) is 5.01. The number of hydrogen-bond donors (Lipinski definition) is 4. The summed E-state index contributed by atoms with van der Waals surface area (Å²) in [6.45, 7) is 1.52. The molecule has 41 heavy (non-hydrogen) atoms. The Morgan fingerprint density at radius 3 is 2.39 bits per heavy atom. The molecule has 5 N–H and O–H groups in total. The summed E-state index contributed by atoms with van der Waals surface area (Å²) in [6.07, 6.45) is 5.64. The molecule has 0 aliphatic heterocycles. The highest BCUT2D eigenvalue weighted by Crippen LogP contribution is 2.33. The molecule has 0 radical (unpaired) electrons. The molecule has 1 fully saturated rings. The minimum Gasteiger partial charge on any atom is -0.489 e. The van der Waals surface area contributed by atoms with Crippen molar-refractivity contribution in [1.29, 1.82) is 0 Å². The second kappa shape index (κ2) is 15.1. The van der Waals surface area contributed by atoms with Gasteiger partial charge in [0.25, 0.3) is 10.0 Å². The van der Waals surface area contributed by atoms with Crippen LogP contribution in [0.5, 0.6) is 5.75 Å². The van der Waals surface area contributed by atoms with Gasteiger partial charge in [-0.2, -0.15) is 0 Å². The lowest BCUT2D eigenvalue weighted by atomic mass is 9.97. The number of ether oxygens (including phenoxy) is 1. The first-order valence-corrected chi connectivity index (χ1v) is 15.9. The van der Waals surface area contributed by atoms with Crippen molar-refractivity contribution in [2.45, 2.75) is 68.5 Å². The largest absolute Gasteiger partial charge is 0.489 e. The first kappa shape index (κ1) is 30.7. The highest BCUT2D eigenvalue weighted by Gasteiger charge is 2.25. The fourth-order valence-corrected chi connectivity index (χ4v) is 6.14. The highest BCUT2D eigenvalue weighted by atomic mass is 32.2. The number of carbonyl (C=O) groups is 1. The first-order valence-electron chi connectivity index (χ1n) is 14.4. The standard InChI is InChI=1S/C32H41N3O5S/c33-20-7-12-32(37)35-41(38,39)31-18-17-27(22-30(31)40-28-10-5-2-6-11-28)25-15-13-24(14-16-25)19-21-34-23-29(36)26-8-3-1-4-9-26/h1,3-4,8-9,13-18,22,28-29,34,36H,2,5-7,10-12,19-21,23,33H2,(H,35,37)/t29-/m1/s1. The molecule has 1 saturated carbocycles. The van der Waals surface area contributed by atoms with E-state index in [1.807, 2.05) is 42.5 Å². The summed E-state index contributed by atoms with van der Waals surface area (Å²) in [4.78, 5) is 12.2. The van der Waals surface area contributed by atoms with Gasteiger partial charge in [0, 0.05) is 13.0 Å². The van der Waals surface area contributed by atoms with Crippen LogP contribution in [0, 0.1) is 0 Å². The van der Waals surface area contributed by atoms with E-state index < -0.39 is 22.0 Å². The summed E-state index contributed by atoms with van der Waals surface area (Å²) in [5.74, 6) is -0.318. The lowest BCUT2D eigenvalue weighted by molar-refractivity contribution is -0.119. The molecule has 4 rings (SSSR count). The topological polar surface area (TPSA) is 131 Å². The van der Waals surface area contributed by atoms with Crippen LogP contribution in [0.25, 0.3) is 11.1 Å². The van der Waals surface area contributed by atoms with E-state index in [4.69, 9.17) is 10.5 Å². The Labute approximate surface area is 243 Å². The molecule has 220 valence electrons. The Morgan fingerprint density at radius 2 is 1.68 bits per heavy atom. The lowest BCUT2D eigenvalue weighted by Crippen LogP contribution is -2.31. The summed E-state index contributed by atoms with van der Waals surface area (Å²) >= 11 is 0. The summed E-state index contributed by atoms with van der Waals surface area (Å²) in [5, 5.41) is 13.6. The van der Waals surface area contributed by atoms with Crippen LogP contribution in [-0.4, -0.2) is 45.2 Å². The average molecular weight is 580 g/mol. The van der Waals surface area contributed by atoms with E-state index >= 15 is 0 Å². The second-order valence-corrected chi connectivity index (χ2v) is 12.2. The number of amides is 1. The monoisotopic (exact) mass is 579 g/mol. The van der Waals surface area contributed by atoms with E-state index in [9.17, 15) is 18.3 Å². The molecule has 0 unspecified atom stereocenters. The molecule has 3 aromatic rings. The molecule has 0 heterocycles. The Hall–Kier alpha value is -3.24. The molecule has 9 heteroatoms. The molecule has 8 nitrogen and oxygen atoms in total. The van der Waals surface area contributed by atoms with E-state index in [0.29, 0.717) is 19.5 Å². The Morgan fingerprint density at radius 1 is 0.976 bits per heavy atom. The third kappa shape index (κ3) is 9.13. The van der Waals surface area contributed by atoms with E-state index in [1.165, 1.54) is 6.07 Å². The molecule has 1 amide bonds. The zero-order valence-corrected chi connectivity index (χ0v) is 24.2. The van der Waals surface area contributed by atoms with Crippen molar-refractivity contribution in [3.63, 3.8) is 0 Å². The predicted octanol–water partition coefficient (Wildman–Crippen LogP) is 4.47. The van der Waals surface area contributed by atoms with Gasteiger partial charge in [-0.15, -0.1) is 0 Å². The number of aliphatic hydroxyl groups is 1. The van der Waals surface area contributed by atoms with Crippen LogP contribution in [0.4, 0.5) is 0 Å². The third-order valence-corrected chi connectivity index (χ3v) is 8.75. The van der Waals surface area contributed by atoms with Crippen molar-refractivity contribution in [3.05, 3.63) is 83.9 Å². The normalized spacial score (nSPS) is 14.9. The quantitative estimate of drug-likeness (QED) is 0.207. The minimum absolute atomic E-state index is 0.0340. The van der Waals surface area contributed by atoms with Gasteiger partial charge in [-0.3, -0.25) is 4.79 Å². The summed E-state index contributed by atoms with van der Waals surface area (Å²) in [6, 6.07) is 22.7. The number of nitrogens with one attached hydrogen (secondary N) is 2. The third-order valence-electron chi connectivity index (χ3n) is 7.33. The first-order chi connectivity index (χ1) is 19.9. The molecule has 3 aromatic carbocycles. The predicted molar refractivity (Wildman–Crippen MR) is 161 cm³/mol. The minimum atomic E-state index is -4.10. The van der Waals surface area contributed by atoms with E-state index in [2.05, 4.69) is 22.2 Å². The molecule has 1 aliphatic rings. The number of carbonyl (C=O) groups excluding carboxylic acids is 1. The molecule has 0 spiro atoms. The Bertz CT molecular complexity index is 1360. The maximum absolute atomic E-state index is 13.1. The molecular formula is C32H41N3O5S. The summed E-state index contributed by atoms with van der Waals surface area (Å²) in [7, 11) is -4.10. The van der Waals surface area contributed by atoms with Crippen molar-refractivity contribution < 1.29 is 23.1 Å². The number of benzene rings is 3. The van der Waals surface area contributed by atoms with Gasteiger partial charge in [0.2, 0.25) is 5.91 Å². The second-order valence-electron chi connectivity index (χ2n) is 10.5. The van der Waals surface area contributed by atoms with Crippen LogP contribution in [0.3, 0.4) is 0 Å². The molecule has 1 aliphatic carbocycles. The summed E-state index contributed by atoms with van der Waals surface area (Å²) in [5.41, 5.74) is 9.27. The Balaban J connectivity index is 1.43. The van der Waals surface area contributed by atoms with Crippen molar-refractivity contribution >= 4 is 15.9 Å². The molecular weight excluding hydrogens is 538 g/mol. The van der Waals surface area contributed by atoms with Crippen LogP contribution >= 0.6 is 0 Å². The van der Waals surface area contributed by atoms with Crippen LogP contribution in [0.1, 0.15) is 62.2 Å². The van der Waals surface area contributed by atoms with Crippen LogP contribution in [0.15, 0.2) is 77.7 Å². The van der Waals surface area contributed by atoms with Gasteiger partial charge in [0.15, 0.2) is 0 Å². The van der Waals surface area contributed by atoms with E-state index in [0.717, 1.165) is 67.3 Å². The lowest BCUT2D eigenvalue weighted by Gasteiger charge is -2.24. The number of rotatable bonds is 14. The molecule has 0 bridgehead atoms. The molecule has 1 atom stereocenters. The van der Waals surface area contributed by atoms with Gasteiger partial charge >= 0.3 is 0 Å². The number of sulfonamides is 1. The van der Waals surface area contributed by atoms with Gasteiger partial charge in [-0.25, -0.2) is 13.1 Å². The number of aliphatic hydroxyl groups excluding tert-OH is 1. The number of hydrogen-bond acceptors (Lipinski definition) is 7. The van der Waals surface area contributed by atoms with Gasteiger partial charge in [-0.1, -0.05) is 67.1 Å². The van der Waals surface area contributed by atoms with Crippen molar-refractivity contribution in [1.82, 2.24) is 10.0 Å². The Kier molecular flexibility index (Phi) is 11.3. The van der Waals surface area contributed by atoms with Crippen molar-refractivity contribution in [2.75, 3.05) is 19.6 Å². The number of nitrogens with two attached hydrogens (primary N) is 1. The van der Waals surface area contributed by atoms with Gasteiger partial charge in [0.1, 0.15) is 10.6 Å². The van der Waals surface area contributed by atoms with E-state index in [-0.39, 0.29) is 23.2 Å². The molecule has 0 aromatic heterocycles. The van der Waals surface area contributed by atoms with Crippen LogP contribution in [0.2, 0.25) is 0 Å². The SMILES string of the molecule is NCCCC(=O)NS(=O)(=O)c1ccc(-c2ccc(CCNC[C@@H](O)c3ccccc3)cc2)cc1OC1CCCCC1. The van der Waals surface area contributed by atoms with Crippen LogP contribution < -0.4 is 20.5 Å². The molecule has 0 saturated heterocycles. The van der Waals surface area contributed by atoms with Gasteiger partial charge in [0.05, 0.1) is 12.2 Å².